The van der Waals surface area contributed by atoms with Crippen molar-refractivity contribution in [2.24, 2.45) is 0 Å². The molecule has 0 aliphatic carbocycles. The molecule has 1 aromatic carbocycles. The lowest BCUT2D eigenvalue weighted by Crippen LogP contribution is -2.31. The zero-order valence-corrected chi connectivity index (χ0v) is 10.3. The number of hydrogen-bond acceptors (Lipinski definition) is 4. The quantitative estimate of drug-likeness (QED) is 0.603. The molecule has 0 aromatic heterocycles. The average molecular weight is 233 g/mol. The lowest BCUT2D eigenvalue weighted by molar-refractivity contribution is 0.215. The van der Waals surface area contributed by atoms with E-state index in [-0.39, 0.29) is 5.75 Å². The summed E-state index contributed by atoms with van der Waals surface area (Å²) in [5.41, 5.74) is 7.14. The zero-order chi connectivity index (χ0) is 12.8. The summed E-state index contributed by atoms with van der Waals surface area (Å²) in [6, 6.07) is 7.51. The maximum Gasteiger partial charge on any atom is 0.120 e. The van der Waals surface area contributed by atoms with Crippen LogP contribution in [0.4, 0.5) is 5.69 Å². The van der Waals surface area contributed by atoms with Gasteiger partial charge in [0.05, 0.1) is 6.07 Å². The van der Waals surface area contributed by atoms with Gasteiger partial charge in [-0.2, -0.15) is 5.26 Å². The maximum absolute atomic E-state index is 9.74. The monoisotopic (exact) mass is 233 g/mol. The molecule has 0 amide bonds. The minimum atomic E-state index is 0.252. The van der Waals surface area contributed by atoms with Gasteiger partial charge in [0.15, 0.2) is 0 Å². The summed E-state index contributed by atoms with van der Waals surface area (Å²) in [4.78, 5) is 2.14. The number of rotatable bonds is 5. The van der Waals surface area contributed by atoms with E-state index in [0.29, 0.717) is 31.2 Å². The zero-order valence-electron chi connectivity index (χ0n) is 10.3. The van der Waals surface area contributed by atoms with Crippen LogP contribution in [-0.4, -0.2) is 22.6 Å². The smallest absolute Gasteiger partial charge is 0.120 e. The Kier molecular flexibility index (Phi) is 4.80. The number of nitrogens with two attached hydrogens (primary N) is 1. The largest absolute Gasteiger partial charge is 0.508 e. The Morgan fingerprint density at radius 2 is 2.18 bits per heavy atom. The predicted octanol–water partition coefficient (Wildman–Crippen LogP) is 2.10. The highest BCUT2D eigenvalue weighted by Gasteiger charge is 2.12. The highest BCUT2D eigenvalue weighted by atomic mass is 16.3. The standard InChI is InChI=1S/C13H19N3O/c1-10(2)16(7-3-6-14)9-11-8-12(15)4-5-13(11)17/h4-5,8,10,17H,3,7,9,15H2,1-2H3. The molecule has 4 nitrogen and oxygen atoms in total. The summed E-state index contributed by atoms with van der Waals surface area (Å²) < 4.78 is 0. The topological polar surface area (TPSA) is 73.3 Å². The van der Waals surface area contributed by atoms with Crippen molar-refractivity contribution in [1.82, 2.24) is 4.90 Å². The molecule has 0 spiro atoms. The molecule has 0 atom stereocenters. The Balaban J connectivity index is 2.78. The molecule has 0 heterocycles. The second kappa shape index (κ2) is 6.12. The van der Waals surface area contributed by atoms with Crippen molar-refractivity contribution in [2.75, 3.05) is 12.3 Å². The van der Waals surface area contributed by atoms with Crippen molar-refractivity contribution in [3.8, 4) is 11.8 Å². The van der Waals surface area contributed by atoms with Gasteiger partial charge in [-0.1, -0.05) is 0 Å². The van der Waals surface area contributed by atoms with Gasteiger partial charge in [-0.05, 0) is 32.0 Å². The minimum absolute atomic E-state index is 0.252. The fourth-order valence-electron chi connectivity index (χ4n) is 1.66. The molecule has 0 aliphatic heterocycles. The van der Waals surface area contributed by atoms with Gasteiger partial charge in [-0.3, -0.25) is 4.90 Å². The van der Waals surface area contributed by atoms with Crippen molar-refractivity contribution in [3.63, 3.8) is 0 Å². The minimum Gasteiger partial charge on any atom is -0.508 e. The molecule has 0 bridgehead atoms. The van der Waals surface area contributed by atoms with E-state index in [2.05, 4.69) is 24.8 Å². The molecule has 3 N–H and O–H groups in total. The normalized spacial score (nSPS) is 10.8. The third-order valence-electron chi connectivity index (χ3n) is 2.72. The van der Waals surface area contributed by atoms with Crippen LogP contribution in [0.15, 0.2) is 18.2 Å². The summed E-state index contributed by atoms with van der Waals surface area (Å²) in [7, 11) is 0. The Labute approximate surface area is 102 Å². The van der Waals surface area contributed by atoms with Crippen LogP contribution in [-0.2, 0) is 6.54 Å². The molecule has 0 unspecified atom stereocenters. The summed E-state index contributed by atoms with van der Waals surface area (Å²) in [5.74, 6) is 0.252. The molecule has 0 saturated heterocycles. The van der Waals surface area contributed by atoms with Gasteiger partial charge < -0.3 is 10.8 Å². The molecule has 17 heavy (non-hydrogen) atoms. The number of benzene rings is 1. The van der Waals surface area contributed by atoms with E-state index in [4.69, 9.17) is 11.0 Å². The Hall–Kier alpha value is -1.73. The third kappa shape index (κ3) is 3.97. The van der Waals surface area contributed by atoms with Gasteiger partial charge in [0.25, 0.3) is 0 Å². The van der Waals surface area contributed by atoms with E-state index >= 15 is 0 Å². The summed E-state index contributed by atoms with van der Waals surface area (Å²) in [6.45, 7) is 5.44. The maximum atomic E-state index is 9.74. The lowest BCUT2D eigenvalue weighted by atomic mass is 10.1. The Morgan fingerprint density at radius 1 is 1.47 bits per heavy atom. The molecule has 92 valence electrons. The number of anilines is 1. The number of phenols is 1. The van der Waals surface area contributed by atoms with Gasteiger partial charge in [0, 0.05) is 36.8 Å². The second-order valence-corrected chi connectivity index (χ2v) is 4.36. The highest BCUT2D eigenvalue weighted by Crippen LogP contribution is 2.22. The first kappa shape index (κ1) is 13.3. The van der Waals surface area contributed by atoms with E-state index in [0.717, 1.165) is 5.56 Å². The number of nitrogen functional groups attached to an aromatic ring is 1. The molecular weight excluding hydrogens is 214 g/mol. The predicted molar refractivity (Wildman–Crippen MR) is 68.3 cm³/mol. The molecule has 1 aromatic rings. The number of aromatic hydroxyl groups is 1. The van der Waals surface area contributed by atoms with Gasteiger partial charge in [-0.25, -0.2) is 0 Å². The van der Waals surface area contributed by atoms with Crippen molar-refractivity contribution >= 4 is 5.69 Å². The first-order chi connectivity index (χ1) is 8.04. The van der Waals surface area contributed by atoms with Gasteiger partial charge >= 0.3 is 0 Å². The van der Waals surface area contributed by atoms with Crippen LogP contribution in [0.5, 0.6) is 5.75 Å². The van der Waals surface area contributed by atoms with Crippen LogP contribution in [0.3, 0.4) is 0 Å². The van der Waals surface area contributed by atoms with E-state index in [1.165, 1.54) is 0 Å². The van der Waals surface area contributed by atoms with Gasteiger partial charge in [0.2, 0.25) is 0 Å². The molecule has 0 radical (unpaired) electrons. The molecule has 0 saturated carbocycles. The summed E-state index contributed by atoms with van der Waals surface area (Å²) >= 11 is 0. The fourth-order valence-corrected chi connectivity index (χ4v) is 1.66. The first-order valence-corrected chi connectivity index (χ1v) is 5.73. The molecule has 0 aliphatic rings. The van der Waals surface area contributed by atoms with Crippen molar-refractivity contribution in [3.05, 3.63) is 23.8 Å². The van der Waals surface area contributed by atoms with E-state index in [1.807, 2.05) is 0 Å². The van der Waals surface area contributed by atoms with E-state index in [9.17, 15) is 5.11 Å². The van der Waals surface area contributed by atoms with Crippen LogP contribution >= 0.6 is 0 Å². The molecule has 1 rings (SSSR count). The summed E-state index contributed by atoms with van der Waals surface area (Å²) in [5, 5.41) is 18.4. The van der Waals surface area contributed by atoms with Crippen molar-refractivity contribution in [2.45, 2.75) is 32.9 Å². The second-order valence-electron chi connectivity index (χ2n) is 4.36. The van der Waals surface area contributed by atoms with Gasteiger partial charge in [-0.15, -0.1) is 0 Å². The van der Waals surface area contributed by atoms with Crippen LogP contribution in [0, 0.1) is 11.3 Å². The number of nitrogens with zero attached hydrogens (tertiary/aromatic N) is 2. The van der Waals surface area contributed by atoms with Crippen LogP contribution in [0.25, 0.3) is 0 Å². The SMILES string of the molecule is CC(C)N(CCC#N)Cc1cc(N)ccc1O. The van der Waals surface area contributed by atoms with Crippen LogP contribution in [0.2, 0.25) is 0 Å². The molecular formula is C13H19N3O. The van der Waals surface area contributed by atoms with Crippen LogP contribution < -0.4 is 5.73 Å². The van der Waals surface area contributed by atoms with Gasteiger partial charge in [0.1, 0.15) is 5.75 Å². The van der Waals surface area contributed by atoms with Crippen molar-refractivity contribution in [1.29, 1.82) is 5.26 Å². The van der Waals surface area contributed by atoms with E-state index < -0.39 is 0 Å². The van der Waals surface area contributed by atoms with Crippen LogP contribution in [0.1, 0.15) is 25.8 Å². The average Bonchev–Trinajstić information content (AvgIpc) is 2.28. The Bertz CT molecular complexity index is 410. The first-order valence-electron chi connectivity index (χ1n) is 5.73. The Morgan fingerprint density at radius 3 is 2.76 bits per heavy atom. The van der Waals surface area contributed by atoms with Crippen molar-refractivity contribution < 1.29 is 5.11 Å². The third-order valence-corrected chi connectivity index (χ3v) is 2.72. The number of hydrogen-bond donors (Lipinski definition) is 2. The molecule has 0 fully saturated rings. The number of phenolic OH excluding ortho intramolecular Hbond substituents is 1. The lowest BCUT2D eigenvalue weighted by Gasteiger charge is -2.25. The molecule has 4 heteroatoms. The summed E-state index contributed by atoms with van der Waals surface area (Å²) in [6.07, 6.45) is 0.487. The highest BCUT2D eigenvalue weighted by molar-refractivity contribution is 5.47. The fraction of sp³-hybridized carbons (Fsp3) is 0.462. The van der Waals surface area contributed by atoms with E-state index in [1.54, 1.807) is 18.2 Å². The number of nitriles is 1.